The summed E-state index contributed by atoms with van der Waals surface area (Å²) >= 11 is 0. The molecule has 1 aliphatic rings. The summed E-state index contributed by atoms with van der Waals surface area (Å²) in [6, 6.07) is 4.30. The Morgan fingerprint density at radius 1 is 1.29 bits per heavy atom. The molecule has 1 aromatic carbocycles. The molecule has 0 amide bonds. The second-order valence-corrected chi connectivity index (χ2v) is 7.57. The van der Waals surface area contributed by atoms with Crippen molar-refractivity contribution in [1.82, 2.24) is 9.62 Å². The quantitative estimate of drug-likeness (QED) is 0.908. The fourth-order valence-electron chi connectivity index (χ4n) is 2.86. The molecule has 0 heterocycles. The Labute approximate surface area is 126 Å². The maximum absolute atomic E-state index is 14.2. The topological polar surface area (TPSA) is 49.4 Å². The van der Waals surface area contributed by atoms with Crippen LogP contribution in [0.15, 0.2) is 23.1 Å². The highest BCUT2D eigenvalue weighted by molar-refractivity contribution is 7.89. The highest BCUT2D eigenvalue weighted by atomic mass is 32.2. The largest absolute Gasteiger partial charge is 0.316 e. The Bertz CT molecular complexity index is 583. The highest BCUT2D eigenvalue weighted by Gasteiger charge is 2.30. The molecule has 1 saturated carbocycles. The molecule has 0 unspecified atom stereocenters. The molecule has 0 aromatic heterocycles. The first-order valence-electron chi connectivity index (χ1n) is 7.38. The Balaban J connectivity index is 2.26. The van der Waals surface area contributed by atoms with Crippen molar-refractivity contribution >= 4 is 10.0 Å². The van der Waals surface area contributed by atoms with Crippen LogP contribution < -0.4 is 5.32 Å². The zero-order valence-electron chi connectivity index (χ0n) is 12.6. The van der Waals surface area contributed by atoms with Crippen molar-refractivity contribution in [2.45, 2.75) is 49.6 Å². The molecule has 0 bridgehead atoms. The zero-order valence-corrected chi connectivity index (χ0v) is 13.4. The summed E-state index contributed by atoms with van der Waals surface area (Å²) < 4.78 is 40.7. The SMILES string of the molecule is CNCc1ccc(S(=O)(=O)N(C)C2CCCCC2)c(F)c1. The average molecular weight is 314 g/mol. The third kappa shape index (κ3) is 3.62. The third-order valence-electron chi connectivity index (χ3n) is 4.12. The van der Waals surface area contributed by atoms with Crippen LogP contribution in [-0.2, 0) is 16.6 Å². The van der Waals surface area contributed by atoms with Gasteiger partial charge in [0.1, 0.15) is 10.7 Å². The molecule has 1 aromatic rings. The van der Waals surface area contributed by atoms with Crippen molar-refractivity contribution in [2.24, 2.45) is 0 Å². The molecule has 0 atom stereocenters. The molecular formula is C15H23FN2O2S. The minimum Gasteiger partial charge on any atom is -0.316 e. The van der Waals surface area contributed by atoms with E-state index < -0.39 is 15.8 Å². The first-order valence-corrected chi connectivity index (χ1v) is 8.82. The van der Waals surface area contributed by atoms with E-state index in [0.29, 0.717) is 6.54 Å². The molecule has 0 spiro atoms. The van der Waals surface area contributed by atoms with Gasteiger partial charge in [0.15, 0.2) is 0 Å². The molecule has 118 valence electrons. The number of sulfonamides is 1. The minimum absolute atomic E-state index is 0.0138. The second kappa shape index (κ2) is 6.85. The van der Waals surface area contributed by atoms with Crippen molar-refractivity contribution < 1.29 is 12.8 Å². The van der Waals surface area contributed by atoms with Crippen molar-refractivity contribution in [3.8, 4) is 0 Å². The number of hydrogen-bond donors (Lipinski definition) is 1. The summed E-state index contributed by atoms with van der Waals surface area (Å²) in [4.78, 5) is -0.226. The molecule has 2 rings (SSSR count). The minimum atomic E-state index is -3.76. The van der Waals surface area contributed by atoms with Crippen LogP contribution in [0.3, 0.4) is 0 Å². The van der Waals surface area contributed by atoms with E-state index in [1.165, 1.54) is 16.4 Å². The number of nitrogens with one attached hydrogen (secondary N) is 1. The highest BCUT2D eigenvalue weighted by Crippen LogP contribution is 2.27. The Kier molecular flexibility index (Phi) is 5.35. The average Bonchev–Trinajstić information content (AvgIpc) is 2.47. The first kappa shape index (κ1) is 16.4. The van der Waals surface area contributed by atoms with Gasteiger partial charge in [-0.2, -0.15) is 4.31 Å². The maximum atomic E-state index is 14.2. The van der Waals surface area contributed by atoms with Gasteiger partial charge in [0.25, 0.3) is 0 Å². The number of hydrogen-bond acceptors (Lipinski definition) is 3. The standard InChI is InChI=1S/C15H23FN2O2S/c1-17-11-12-8-9-15(14(16)10-12)21(19,20)18(2)13-6-4-3-5-7-13/h8-10,13,17H,3-7,11H2,1-2H3. The van der Waals surface area contributed by atoms with Gasteiger partial charge in [-0.05, 0) is 37.6 Å². The molecule has 0 aliphatic heterocycles. The third-order valence-corrected chi connectivity index (χ3v) is 6.07. The van der Waals surface area contributed by atoms with E-state index in [0.717, 1.165) is 37.7 Å². The van der Waals surface area contributed by atoms with Gasteiger partial charge < -0.3 is 5.32 Å². The molecule has 21 heavy (non-hydrogen) atoms. The predicted molar refractivity (Wildman–Crippen MR) is 81.0 cm³/mol. The van der Waals surface area contributed by atoms with Gasteiger partial charge in [0.05, 0.1) is 0 Å². The number of benzene rings is 1. The van der Waals surface area contributed by atoms with Gasteiger partial charge in [-0.3, -0.25) is 0 Å². The number of nitrogens with zero attached hydrogens (tertiary/aromatic N) is 1. The predicted octanol–water partition coefficient (Wildman–Crippen LogP) is 2.50. The van der Waals surface area contributed by atoms with Crippen LogP contribution >= 0.6 is 0 Å². The summed E-state index contributed by atoms with van der Waals surface area (Å²) in [6.45, 7) is 0.510. The van der Waals surface area contributed by atoms with E-state index in [-0.39, 0.29) is 10.9 Å². The summed E-state index contributed by atoms with van der Waals surface area (Å²) in [5.74, 6) is -0.676. The molecule has 1 aliphatic carbocycles. The van der Waals surface area contributed by atoms with Crippen molar-refractivity contribution in [1.29, 1.82) is 0 Å². The van der Waals surface area contributed by atoms with Crippen LogP contribution in [0.25, 0.3) is 0 Å². The Hall–Kier alpha value is -0.980. The van der Waals surface area contributed by atoms with E-state index in [1.807, 2.05) is 0 Å². The summed E-state index contributed by atoms with van der Waals surface area (Å²) in [6.07, 6.45) is 4.93. The smallest absolute Gasteiger partial charge is 0.245 e. The van der Waals surface area contributed by atoms with Gasteiger partial charge in [-0.1, -0.05) is 25.3 Å². The van der Waals surface area contributed by atoms with Crippen LogP contribution in [0.5, 0.6) is 0 Å². The van der Waals surface area contributed by atoms with E-state index in [2.05, 4.69) is 5.32 Å². The number of halogens is 1. The molecule has 6 heteroatoms. The fraction of sp³-hybridized carbons (Fsp3) is 0.600. The molecule has 1 fully saturated rings. The Morgan fingerprint density at radius 3 is 2.52 bits per heavy atom. The molecular weight excluding hydrogens is 291 g/mol. The lowest BCUT2D eigenvalue weighted by molar-refractivity contribution is 0.285. The second-order valence-electron chi connectivity index (χ2n) is 5.61. The van der Waals surface area contributed by atoms with E-state index in [1.54, 1.807) is 20.2 Å². The molecule has 0 radical (unpaired) electrons. The first-order chi connectivity index (χ1) is 9.96. The summed E-state index contributed by atoms with van der Waals surface area (Å²) in [7, 11) is -0.438. The van der Waals surface area contributed by atoms with E-state index >= 15 is 0 Å². The lowest BCUT2D eigenvalue weighted by atomic mass is 9.96. The normalized spacial score (nSPS) is 17.3. The maximum Gasteiger partial charge on any atom is 0.245 e. The summed E-state index contributed by atoms with van der Waals surface area (Å²) in [5, 5.41) is 2.92. The van der Waals surface area contributed by atoms with Crippen LogP contribution in [0.2, 0.25) is 0 Å². The van der Waals surface area contributed by atoms with Gasteiger partial charge in [0, 0.05) is 19.6 Å². The lowest BCUT2D eigenvalue weighted by Gasteiger charge is -2.30. The zero-order chi connectivity index (χ0) is 15.5. The van der Waals surface area contributed by atoms with E-state index in [4.69, 9.17) is 0 Å². The monoisotopic (exact) mass is 314 g/mol. The van der Waals surface area contributed by atoms with Crippen LogP contribution in [-0.4, -0.2) is 32.9 Å². The number of rotatable bonds is 5. The molecule has 0 saturated heterocycles. The Morgan fingerprint density at radius 2 is 1.95 bits per heavy atom. The van der Waals surface area contributed by atoms with Crippen LogP contribution in [0.4, 0.5) is 4.39 Å². The van der Waals surface area contributed by atoms with Crippen LogP contribution in [0.1, 0.15) is 37.7 Å². The van der Waals surface area contributed by atoms with Gasteiger partial charge in [-0.15, -0.1) is 0 Å². The lowest BCUT2D eigenvalue weighted by Crippen LogP contribution is -2.38. The summed E-state index contributed by atoms with van der Waals surface area (Å²) in [5.41, 5.74) is 0.731. The van der Waals surface area contributed by atoms with E-state index in [9.17, 15) is 12.8 Å². The van der Waals surface area contributed by atoms with Crippen molar-refractivity contribution in [3.05, 3.63) is 29.6 Å². The van der Waals surface area contributed by atoms with Crippen molar-refractivity contribution in [3.63, 3.8) is 0 Å². The van der Waals surface area contributed by atoms with Crippen LogP contribution in [0, 0.1) is 5.82 Å². The van der Waals surface area contributed by atoms with Gasteiger partial charge >= 0.3 is 0 Å². The molecule has 4 nitrogen and oxygen atoms in total. The van der Waals surface area contributed by atoms with Gasteiger partial charge in [0.2, 0.25) is 10.0 Å². The van der Waals surface area contributed by atoms with Crippen molar-refractivity contribution in [2.75, 3.05) is 14.1 Å². The van der Waals surface area contributed by atoms with Gasteiger partial charge in [-0.25, -0.2) is 12.8 Å². The molecule has 1 N–H and O–H groups in total. The fourth-order valence-corrected chi connectivity index (χ4v) is 4.32.